The third-order valence-electron chi connectivity index (χ3n) is 1.61. The van der Waals surface area contributed by atoms with Crippen LogP contribution in [0.4, 0.5) is 0 Å². The first-order valence-electron chi connectivity index (χ1n) is 3.65. The van der Waals surface area contributed by atoms with Gasteiger partial charge in [0.05, 0.1) is 15.7 Å². The smallest absolute Gasteiger partial charge is 0.179 e. The summed E-state index contributed by atoms with van der Waals surface area (Å²) in [6.07, 6.45) is 0. The Labute approximate surface area is 87.4 Å². The molecular formula is C8H8Cl2O2S. The molecule has 0 unspecified atom stereocenters. The van der Waals surface area contributed by atoms with E-state index in [0.717, 1.165) is 0 Å². The van der Waals surface area contributed by atoms with Crippen molar-refractivity contribution in [3.8, 4) is 0 Å². The van der Waals surface area contributed by atoms with Gasteiger partial charge in [-0.3, -0.25) is 0 Å². The molecule has 0 aliphatic carbocycles. The lowest BCUT2D eigenvalue weighted by Crippen LogP contribution is -2.04. The van der Waals surface area contributed by atoms with E-state index in [2.05, 4.69) is 0 Å². The van der Waals surface area contributed by atoms with Crippen LogP contribution >= 0.6 is 23.2 Å². The summed E-state index contributed by atoms with van der Waals surface area (Å²) in [5.74, 6) is 0.0209. The van der Waals surface area contributed by atoms with Gasteiger partial charge in [-0.2, -0.15) is 0 Å². The summed E-state index contributed by atoms with van der Waals surface area (Å²) in [5, 5.41) is 0.586. The minimum Gasteiger partial charge on any atom is -0.224 e. The molecule has 0 N–H and O–H groups in total. The summed E-state index contributed by atoms with van der Waals surface area (Å²) >= 11 is 11.4. The Morgan fingerprint density at radius 1 is 1.31 bits per heavy atom. The monoisotopic (exact) mass is 238 g/mol. The lowest BCUT2D eigenvalue weighted by molar-refractivity contribution is 0.597. The van der Waals surface area contributed by atoms with Gasteiger partial charge in [0.2, 0.25) is 0 Å². The van der Waals surface area contributed by atoms with Crippen LogP contribution in [-0.4, -0.2) is 14.2 Å². The molecular weight excluding hydrogens is 231 g/mol. The Balaban J connectivity index is 3.38. The second kappa shape index (κ2) is 3.86. The van der Waals surface area contributed by atoms with E-state index in [1.54, 1.807) is 13.0 Å². The van der Waals surface area contributed by atoms with Crippen molar-refractivity contribution in [1.82, 2.24) is 0 Å². The van der Waals surface area contributed by atoms with E-state index < -0.39 is 9.84 Å². The van der Waals surface area contributed by atoms with Crippen molar-refractivity contribution in [3.05, 3.63) is 28.2 Å². The molecule has 0 radical (unpaired) electrons. The van der Waals surface area contributed by atoms with E-state index in [9.17, 15) is 8.42 Å². The summed E-state index contributed by atoms with van der Waals surface area (Å²) in [7, 11) is -3.27. The van der Waals surface area contributed by atoms with Gasteiger partial charge in [-0.05, 0) is 18.2 Å². The Bertz CT molecular complexity index is 412. The van der Waals surface area contributed by atoms with E-state index in [0.29, 0.717) is 5.02 Å². The van der Waals surface area contributed by atoms with E-state index in [1.165, 1.54) is 12.1 Å². The molecule has 0 atom stereocenters. The molecule has 2 nitrogen and oxygen atoms in total. The minimum atomic E-state index is -3.27. The molecule has 5 heteroatoms. The van der Waals surface area contributed by atoms with Crippen LogP contribution in [0, 0.1) is 0 Å². The number of benzene rings is 1. The number of hydrogen-bond donors (Lipinski definition) is 0. The van der Waals surface area contributed by atoms with Gasteiger partial charge in [-0.1, -0.05) is 30.1 Å². The van der Waals surface area contributed by atoms with Crippen molar-refractivity contribution in [1.29, 1.82) is 0 Å². The van der Waals surface area contributed by atoms with Crippen molar-refractivity contribution >= 4 is 33.0 Å². The second-order valence-electron chi connectivity index (χ2n) is 2.48. The first-order chi connectivity index (χ1) is 5.97. The predicted molar refractivity (Wildman–Crippen MR) is 54.2 cm³/mol. The van der Waals surface area contributed by atoms with Gasteiger partial charge in [0, 0.05) is 5.02 Å². The van der Waals surface area contributed by atoms with Gasteiger partial charge >= 0.3 is 0 Å². The molecule has 0 amide bonds. The van der Waals surface area contributed by atoms with Crippen molar-refractivity contribution in [2.45, 2.75) is 11.8 Å². The van der Waals surface area contributed by atoms with Gasteiger partial charge in [-0.25, -0.2) is 8.42 Å². The molecule has 0 saturated carbocycles. The Hall–Kier alpha value is -0.250. The average Bonchev–Trinajstić information content (AvgIpc) is 2.09. The second-order valence-corrected chi connectivity index (χ2v) is 5.57. The van der Waals surface area contributed by atoms with Crippen LogP contribution in [0.2, 0.25) is 10.0 Å². The Morgan fingerprint density at radius 3 is 2.46 bits per heavy atom. The zero-order valence-electron chi connectivity index (χ0n) is 6.92. The highest BCUT2D eigenvalue weighted by Crippen LogP contribution is 2.25. The topological polar surface area (TPSA) is 34.1 Å². The van der Waals surface area contributed by atoms with Crippen molar-refractivity contribution < 1.29 is 8.42 Å². The molecule has 0 spiro atoms. The number of rotatable bonds is 2. The van der Waals surface area contributed by atoms with Crippen LogP contribution < -0.4 is 0 Å². The zero-order chi connectivity index (χ0) is 10.1. The maximum atomic E-state index is 11.4. The molecule has 0 aliphatic heterocycles. The van der Waals surface area contributed by atoms with Crippen LogP contribution in [0.5, 0.6) is 0 Å². The third-order valence-corrected chi connectivity index (χ3v) is 4.05. The minimum absolute atomic E-state index is 0.0209. The molecule has 0 saturated heterocycles. The van der Waals surface area contributed by atoms with Gasteiger partial charge in [-0.15, -0.1) is 0 Å². The Kier molecular flexibility index (Phi) is 3.22. The van der Waals surface area contributed by atoms with Crippen LogP contribution in [0.25, 0.3) is 0 Å². The molecule has 72 valence electrons. The van der Waals surface area contributed by atoms with E-state index in [1.807, 2.05) is 0 Å². The van der Waals surface area contributed by atoms with Crippen LogP contribution in [-0.2, 0) is 9.84 Å². The number of sulfone groups is 1. The molecule has 13 heavy (non-hydrogen) atoms. The highest BCUT2D eigenvalue weighted by Gasteiger charge is 2.15. The maximum absolute atomic E-state index is 11.4. The third kappa shape index (κ3) is 2.36. The standard InChI is InChI=1S/C8H8Cl2O2S/c1-2-13(11,12)8-5-6(9)3-4-7(8)10/h3-5H,2H2,1H3. The van der Waals surface area contributed by atoms with Crippen LogP contribution in [0.15, 0.2) is 23.1 Å². The maximum Gasteiger partial charge on any atom is 0.179 e. The fraction of sp³-hybridized carbons (Fsp3) is 0.250. The SMILES string of the molecule is CCS(=O)(=O)c1cc(Cl)ccc1Cl. The predicted octanol–water partition coefficient (Wildman–Crippen LogP) is 2.79. The molecule has 1 rings (SSSR count). The molecule has 0 heterocycles. The molecule has 0 fully saturated rings. The van der Waals surface area contributed by atoms with Gasteiger partial charge in [0.25, 0.3) is 0 Å². The van der Waals surface area contributed by atoms with Crippen molar-refractivity contribution in [2.24, 2.45) is 0 Å². The molecule has 0 bridgehead atoms. The summed E-state index contributed by atoms with van der Waals surface area (Å²) in [6.45, 7) is 1.56. The van der Waals surface area contributed by atoms with Gasteiger partial charge < -0.3 is 0 Å². The first-order valence-corrected chi connectivity index (χ1v) is 6.06. The summed E-state index contributed by atoms with van der Waals surface area (Å²) < 4.78 is 22.9. The van der Waals surface area contributed by atoms with E-state index >= 15 is 0 Å². The summed E-state index contributed by atoms with van der Waals surface area (Å²) in [4.78, 5) is 0.101. The lowest BCUT2D eigenvalue weighted by atomic mass is 10.4. The van der Waals surface area contributed by atoms with Crippen LogP contribution in [0.3, 0.4) is 0 Å². The van der Waals surface area contributed by atoms with Crippen LogP contribution in [0.1, 0.15) is 6.92 Å². The number of hydrogen-bond acceptors (Lipinski definition) is 2. The largest absolute Gasteiger partial charge is 0.224 e. The van der Waals surface area contributed by atoms with E-state index in [4.69, 9.17) is 23.2 Å². The number of halogens is 2. The van der Waals surface area contributed by atoms with Gasteiger partial charge in [0.1, 0.15) is 0 Å². The van der Waals surface area contributed by atoms with E-state index in [-0.39, 0.29) is 15.7 Å². The average molecular weight is 239 g/mol. The molecule has 0 aromatic heterocycles. The normalized spacial score (nSPS) is 11.6. The fourth-order valence-corrected chi connectivity index (χ4v) is 2.56. The van der Waals surface area contributed by atoms with Crippen molar-refractivity contribution in [2.75, 3.05) is 5.75 Å². The summed E-state index contributed by atoms with van der Waals surface area (Å²) in [5.41, 5.74) is 0. The molecule has 1 aromatic rings. The highest BCUT2D eigenvalue weighted by atomic mass is 35.5. The first kappa shape index (κ1) is 10.8. The van der Waals surface area contributed by atoms with Crippen molar-refractivity contribution in [3.63, 3.8) is 0 Å². The quantitative estimate of drug-likeness (QED) is 0.795. The molecule has 1 aromatic carbocycles. The lowest BCUT2D eigenvalue weighted by Gasteiger charge is -2.03. The molecule has 0 aliphatic rings. The fourth-order valence-electron chi connectivity index (χ4n) is 0.871. The van der Waals surface area contributed by atoms with Gasteiger partial charge in [0.15, 0.2) is 9.84 Å². The highest BCUT2D eigenvalue weighted by molar-refractivity contribution is 7.91. The summed E-state index contributed by atoms with van der Waals surface area (Å²) in [6, 6.07) is 4.40. The zero-order valence-corrected chi connectivity index (χ0v) is 9.25. The Morgan fingerprint density at radius 2 is 1.92 bits per heavy atom.